The molecule has 0 amide bonds. The Hall–Kier alpha value is -9.73. The molecule has 22 heteroatoms. The van der Waals surface area contributed by atoms with Gasteiger partial charge in [-0.15, -0.1) is 5.10 Å². The molecule has 72 heavy (non-hydrogen) atoms. The molecule has 0 saturated heterocycles. The van der Waals surface area contributed by atoms with Gasteiger partial charge >= 0.3 is 0 Å². The molecule has 0 bridgehead atoms. The van der Waals surface area contributed by atoms with Crippen molar-refractivity contribution in [1.29, 1.82) is 0 Å². The second kappa shape index (κ2) is 43.8. The van der Waals surface area contributed by atoms with Gasteiger partial charge in [0.05, 0.1) is 48.0 Å². The molecule has 0 aliphatic carbocycles. The van der Waals surface area contributed by atoms with E-state index < -0.39 is 0 Å². The maximum atomic E-state index is 3.99. The van der Waals surface area contributed by atoms with Gasteiger partial charge in [-0.1, -0.05) is 24.3 Å². The molecule has 0 aliphatic heterocycles. The summed E-state index contributed by atoms with van der Waals surface area (Å²) in [7, 11) is 16.6. The Bertz CT molecular complexity index is 1900. The van der Waals surface area contributed by atoms with Gasteiger partial charge in [-0.2, -0.15) is 15.3 Å². The molecule has 0 saturated carbocycles. The number of anilines is 9. The van der Waals surface area contributed by atoms with Crippen LogP contribution in [-0.4, -0.2) is 129 Å². The Morgan fingerprint density at radius 2 is 0.778 bits per heavy atom. The lowest BCUT2D eigenvalue weighted by Crippen LogP contribution is -1.91. The molecule has 0 unspecified atom stereocenters. The van der Waals surface area contributed by atoms with Crippen molar-refractivity contribution in [3.8, 4) is 0 Å². The van der Waals surface area contributed by atoms with Gasteiger partial charge in [0, 0.05) is 131 Å². The van der Waals surface area contributed by atoms with Crippen molar-refractivity contribution in [3.63, 3.8) is 0 Å². The average molecular weight is 977 g/mol. The van der Waals surface area contributed by atoms with Gasteiger partial charge in [-0.3, -0.25) is 15.0 Å². The summed E-state index contributed by atoms with van der Waals surface area (Å²) in [6.07, 6.45) is 26.8. The Kier molecular flexibility index (Phi) is 36.7. The van der Waals surface area contributed by atoms with E-state index >= 15 is 0 Å². The number of benzene rings is 1. The molecule has 1 aromatic carbocycles. The van der Waals surface area contributed by atoms with Crippen molar-refractivity contribution >= 4 is 51.7 Å². The molecule has 0 fully saturated rings. The SMILES string of the molecule is CNc1ccccc1.CNc1ccccn1.CNc1cccnc1.CNc1cccnn1.CNc1ccncc1.CNc1ccncn1.CNc1ccnnc1.CNc1cnccn1.CNc1cncnc1. The summed E-state index contributed by atoms with van der Waals surface area (Å²) in [5.41, 5.74) is 5.23. The molecular weight excluding hydrogens is 909 g/mol. The topological polar surface area (TPSA) is 276 Å². The lowest BCUT2D eigenvalue weighted by Gasteiger charge is -1.94. The smallest absolute Gasteiger partial charge is 0.148 e. The highest BCUT2D eigenvalue weighted by molar-refractivity contribution is 5.42. The van der Waals surface area contributed by atoms with E-state index in [4.69, 9.17) is 0 Å². The first-order valence-corrected chi connectivity index (χ1v) is 22.1. The molecule has 378 valence electrons. The number of nitrogens with one attached hydrogen (secondary N) is 9. The van der Waals surface area contributed by atoms with E-state index in [1.54, 1.807) is 92.8 Å². The zero-order valence-corrected chi connectivity index (χ0v) is 42.3. The van der Waals surface area contributed by atoms with Crippen molar-refractivity contribution in [2.75, 3.05) is 111 Å². The number of nitrogens with zero attached hydrogens (tertiary/aromatic N) is 13. The van der Waals surface area contributed by atoms with Crippen LogP contribution in [-0.2, 0) is 0 Å². The molecule has 0 atom stereocenters. The van der Waals surface area contributed by atoms with Crippen molar-refractivity contribution in [2.45, 2.75) is 0 Å². The number of para-hydroxylation sites is 1. The Balaban J connectivity index is 0.000000405. The average Bonchev–Trinajstić information content (AvgIpc) is 3.50. The van der Waals surface area contributed by atoms with Crippen molar-refractivity contribution in [3.05, 3.63) is 196 Å². The van der Waals surface area contributed by atoms with Crippen molar-refractivity contribution < 1.29 is 0 Å². The third-order valence-corrected chi connectivity index (χ3v) is 8.11. The first kappa shape index (κ1) is 60.3. The lowest BCUT2D eigenvalue weighted by molar-refractivity contribution is 1.03. The summed E-state index contributed by atoms with van der Waals surface area (Å²) in [4.78, 5) is 34.7. The quantitative estimate of drug-likeness (QED) is 0.0670. The fourth-order valence-corrected chi connectivity index (χ4v) is 4.31. The van der Waals surface area contributed by atoms with E-state index in [0.29, 0.717) is 0 Å². The van der Waals surface area contributed by atoms with Crippen LogP contribution in [0.3, 0.4) is 0 Å². The molecule has 9 N–H and O–H groups in total. The monoisotopic (exact) mass is 977 g/mol. The Morgan fingerprint density at radius 1 is 0.250 bits per heavy atom. The van der Waals surface area contributed by atoms with Crippen LogP contribution in [0.15, 0.2) is 196 Å². The fraction of sp³-hybridized carbons (Fsp3) is 0.180. The van der Waals surface area contributed by atoms with Crippen molar-refractivity contribution in [2.24, 2.45) is 0 Å². The highest BCUT2D eigenvalue weighted by Crippen LogP contribution is 2.03. The Labute approximate surface area is 423 Å². The van der Waals surface area contributed by atoms with Gasteiger partial charge in [0.2, 0.25) is 0 Å². The van der Waals surface area contributed by atoms with Gasteiger partial charge in [0.25, 0.3) is 0 Å². The zero-order chi connectivity index (χ0) is 52.4. The summed E-state index contributed by atoms with van der Waals surface area (Å²) >= 11 is 0. The van der Waals surface area contributed by atoms with Gasteiger partial charge in [-0.25, -0.2) is 29.9 Å². The van der Waals surface area contributed by atoms with Crippen molar-refractivity contribution in [1.82, 2.24) is 65.3 Å². The van der Waals surface area contributed by atoms with Crippen LogP contribution in [0.4, 0.5) is 51.7 Å². The van der Waals surface area contributed by atoms with Crippen LogP contribution >= 0.6 is 0 Å². The summed E-state index contributed by atoms with van der Waals surface area (Å²) in [5.74, 6) is 3.35. The number of pyridine rings is 3. The van der Waals surface area contributed by atoms with E-state index in [1.165, 1.54) is 12.7 Å². The molecule has 8 aromatic heterocycles. The minimum absolute atomic E-state index is 0.799. The van der Waals surface area contributed by atoms with E-state index in [0.717, 1.165) is 51.7 Å². The second-order valence-corrected chi connectivity index (χ2v) is 12.9. The molecule has 9 aromatic rings. The molecular formula is C50H68N22. The predicted octanol–water partition coefficient (Wildman–Crippen LogP) is 7.69. The van der Waals surface area contributed by atoms with Crippen LogP contribution in [0, 0.1) is 0 Å². The second-order valence-electron chi connectivity index (χ2n) is 12.9. The van der Waals surface area contributed by atoms with Crippen LogP contribution < -0.4 is 47.9 Å². The van der Waals surface area contributed by atoms with Gasteiger partial charge < -0.3 is 47.9 Å². The van der Waals surface area contributed by atoms with Gasteiger partial charge in [0.1, 0.15) is 35.9 Å². The largest absolute Gasteiger partial charge is 0.388 e. The molecule has 0 radical (unpaired) electrons. The van der Waals surface area contributed by atoms with E-state index in [2.05, 4.69) is 113 Å². The minimum atomic E-state index is 0.799. The molecule has 8 heterocycles. The molecule has 0 aliphatic rings. The number of hydrogen-bond acceptors (Lipinski definition) is 22. The molecule has 0 spiro atoms. The van der Waals surface area contributed by atoms with E-state index in [9.17, 15) is 0 Å². The van der Waals surface area contributed by atoms with Crippen LogP contribution in [0.5, 0.6) is 0 Å². The highest BCUT2D eigenvalue weighted by atomic mass is 15.2. The lowest BCUT2D eigenvalue weighted by atomic mass is 10.3. The fourth-order valence-electron chi connectivity index (χ4n) is 4.31. The van der Waals surface area contributed by atoms with Gasteiger partial charge in [-0.05, 0) is 72.8 Å². The van der Waals surface area contributed by atoms with E-state index in [1.807, 2.05) is 154 Å². The molecule has 22 nitrogen and oxygen atoms in total. The van der Waals surface area contributed by atoms with Crippen LogP contribution in [0.2, 0.25) is 0 Å². The predicted molar refractivity (Wildman–Crippen MR) is 295 cm³/mol. The summed E-state index contributed by atoms with van der Waals surface area (Å²) < 4.78 is 0. The first-order valence-electron chi connectivity index (χ1n) is 22.1. The summed E-state index contributed by atoms with van der Waals surface area (Å²) in [5, 5.41) is 40.9. The molecule has 9 rings (SSSR count). The number of hydrogen-bond donors (Lipinski definition) is 9. The zero-order valence-electron chi connectivity index (χ0n) is 42.3. The summed E-state index contributed by atoms with van der Waals surface area (Å²) in [6.45, 7) is 0. The number of rotatable bonds is 9. The Morgan fingerprint density at radius 3 is 1.15 bits per heavy atom. The van der Waals surface area contributed by atoms with E-state index in [-0.39, 0.29) is 0 Å². The standard InChI is InChI=1S/C7H9N.3C6H8N2.5C5H7N3/c1-8-7-5-3-2-4-6-7;1-7-6-2-4-8-5-3-6;1-7-6-3-2-4-8-5-6;1-7-6-4-2-3-5-8-6;1-6-5-2-7-4-8-3-5;1-6-5-4-7-2-3-8-5;1-6-5-2-3-7-4-8-5;1-6-5-2-3-7-8-4-5;1-6-5-3-2-4-7-8-5/h2-6,8H,1H3;2-5H,1H3,(H,7,8);2-5,7H,1H3;2-5H,1H3,(H,7,8);2-4,6H,1H3;2-4H,1H3,(H,6,8);2-4H,1H3,(H,6,7,8);2-4H,1H3,(H,6,7);2-4H,1H3,(H,6,8). The third-order valence-electron chi connectivity index (χ3n) is 8.11. The maximum Gasteiger partial charge on any atom is 0.148 e. The highest BCUT2D eigenvalue weighted by Gasteiger charge is 1.85. The summed E-state index contributed by atoms with van der Waals surface area (Å²) in [6, 6.07) is 30.9. The van der Waals surface area contributed by atoms with Crippen LogP contribution in [0.25, 0.3) is 0 Å². The maximum absolute atomic E-state index is 3.99. The van der Waals surface area contributed by atoms with Gasteiger partial charge in [0.15, 0.2) is 0 Å². The normalized spacial score (nSPS) is 8.62. The van der Waals surface area contributed by atoms with Crippen LogP contribution in [0.1, 0.15) is 0 Å². The third kappa shape index (κ3) is 32.9. The first-order chi connectivity index (χ1) is 35.4. The minimum Gasteiger partial charge on any atom is -0.388 e. The number of aromatic nitrogens is 13.